The zero-order valence-corrected chi connectivity index (χ0v) is 11.9. The highest BCUT2D eigenvalue weighted by molar-refractivity contribution is 5.37. The van der Waals surface area contributed by atoms with Gasteiger partial charge in [-0.15, -0.1) is 0 Å². The van der Waals surface area contributed by atoms with E-state index in [9.17, 15) is 13.2 Å². The normalized spacial score (nSPS) is 13.8. The van der Waals surface area contributed by atoms with Crippen LogP contribution in [0.2, 0.25) is 0 Å². The Morgan fingerprint density at radius 1 is 0.778 bits per heavy atom. The minimum Gasteiger partial charge on any atom is -0.170 e. The van der Waals surface area contributed by atoms with Gasteiger partial charge in [0.2, 0.25) is 0 Å². The third kappa shape index (κ3) is 2.88. The molecule has 0 aromatic heterocycles. The van der Waals surface area contributed by atoms with E-state index in [0.29, 0.717) is 5.56 Å². The molecule has 0 aliphatic carbocycles. The van der Waals surface area contributed by atoms with E-state index in [1.807, 2.05) is 33.8 Å². The topological polar surface area (TPSA) is 0 Å². The van der Waals surface area contributed by atoms with Crippen molar-refractivity contribution < 1.29 is 13.2 Å². The molecule has 0 bridgehead atoms. The van der Waals surface area contributed by atoms with Gasteiger partial charge >= 0.3 is 6.18 Å². The van der Waals surface area contributed by atoms with E-state index in [0.717, 1.165) is 11.1 Å². The van der Waals surface area contributed by atoms with Crippen molar-refractivity contribution in [2.45, 2.75) is 58.5 Å². The van der Waals surface area contributed by atoms with Crippen molar-refractivity contribution in [3.05, 3.63) is 34.9 Å². The van der Waals surface area contributed by atoms with Crippen LogP contribution in [-0.2, 0) is 10.8 Å². The lowest BCUT2D eigenvalue weighted by atomic mass is 9.78. The molecule has 0 radical (unpaired) electrons. The van der Waals surface area contributed by atoms with Crippen LogP contribution >= 0.6 is 0 Å². The first-order valence-electron chi connectivity index (χ1n) is 6.05. The van der Waals surface area contributed by atoms with Crippen molar-refractivity contribution in [1.29, 1.82) is 0 Å². The zero-order chi connectivity index (χ0) is 14.4. The lowest BCUT2D eigenvalue weighted by Gasteiger charge is -2.30. The number of aryl methyl sites for hydroxylation is 1. The van der Waals surface area contributed by atoms with Gasteiger partial charge in [0.25, 0.3) is 0 Å². The molecule has 3 heteroatoms. The number of benzene rings is 1. The lowest BCUT2D eigenvalue weighted by molar-refractivity contribution is -0.180. The summed E-state index contributed by atoms with van der Waals surface area (Å²) in [5, 5.41) is 0. The second-order valence-electron chi connectivity index (χ2n) is 6.46. The van der Waals surface area contributed by atoms with Gasteiger partial charge in [0, 0.05) is 0 Å². The molecular formula is C15H21F3. The van der Waals surface area contributed by atoms with E-state index in [1.54, 1.807) is 12.1 Å². The van der Waals surface area contributed by atoms with Crippen molar-refractivity contribution in [3.8, 4) is 0 Å². The van der Waals surface area contributed by atoms with Gasteiger partial charge in [-0.05, 0) is 37.3 Å². The van der Waals surface area contributed by atoms with Crippen molar-refractivity contribution in [2.24, 2.45) is 0 Å². The smallest absolute Gasteiger partial charge is 0.170 e. The Morgan fingerprint density at radius 3 is 1.61 bits per heavy atom. The maximum atomic E-state index is 13.1. The molecule has 102 valence electrons. The van der Waals surface area contributed by atoms with Gasteiger partial charge in [0.1, 0.15) is 0 Å². The minimum atomic E-state index is -4.24. The first-order valence-corrected chi connectivity index (χ1v) is 6.05. The first kappa shape index (κ1) is 15.1. The fraction of sp³-hybridized carbons (Fsp3) is 0.600. The fourth-order valence-corrected chi connectivity index (χ4v) is 1.74. The van der Waals surface area contributed by atoms with Crippen LogP contribution in [0.4, 0.5) is 13.2 Å². The van der Waals surface area contributed by atoms with Gasteiger partial charge in [-0.25, -0.2) is 0 Å². The van der Waals surface area contributed by atoms with Crippen LogP contribution in [0.25, 0.3) is 0 Å². The Bertz CT molecular complexity index is 434. The van der Waals surface area contributed by atoms with Gasteiger partial charge in [-0.3, -0.25) is 0 Å². The molecule has 0 saturated heterocycles. The molecule has 0 nitrogen and oxygen atoms in total. The van der Waals surface area contributed by atoms with Crippen LogP contribution in [0.1, 0.15) is 51.3 Å². The average molecular weight is 258 g/mol. The second kappa shape index (κ2) is 4.29. The summed E-state index contributed by atoms with van der Waals surface area (Å²) in [5.41, 5.74) is 0.172. The average Bonchev–Trinajstić information content (AvgIpc) is 2.13. The third-order valence-electron chi connectivity index (χ3n) is 3.37. The molecule has 0 aliphatic heterocycles. The first-order chi connectivity index (χ1) is 7.85. The summed E-state index contributed by atoms with van der Waals surface area (Å²) >= 11 is 0. The standard InChI is InChI=1S/C15H21F3/c1-10-7-11(13(2,3)4)9-12(8-10)14(5,6)15(16,17)18/h7-9H,1-6H3. The molecule has 0 fully saturated rings. The van der Waals surface area contributed by atoms with Gasteiger partial charge in [-0.1, -0.05) is 44.5 Å². The molecule has 0 aliphatic rings. The second-order valence-corrected chi connectivity index (χ2v) is 6.46. The van der Waals surface area contributed by atoms with Crippen molar-refractivity contribution in [3.63, 3.8) is 0 Å². The quantitative estimate of drug-likeness (QED) is 0.655. The molecule has 0 N–H and O–H groups in total. The predicted octanol–water partition coefficient (Wildman–Crippen LogP) is 5.13. The van der Waals surface area contributed by atoms with Gasteiger partial charge in [-0.2, -0.15) is 13.2 Å². The molecule has 18 heavy (non-hydrogen) atoms. The number of alkyl halides is 3. The van der Waals surface area contributed by atoms with Crippen molar-refractivity contribution in [1.82, 2.24) is 0 Å². The van der Waals surface area contributed by atoms with E-state index >= 15 is 0 Å². The maximum absolute atomic E-state index is 13.1. The molecule has 0 unspecified atom stereocenters. The predicted molar refractivity (Wildman–Crippen MR) is 69.0 cm³/mol. The van der Waals surface area contributed by atoms with E-state index < -0.39 is 11.6 Å². The third-order valence-corrected chi connectivity index (χ3v) is 3.37. The summed E-state index contributed by atoms with van der Waals surface area (Å²) in [4.78, 5) is 0. The number of hydrogen-bond acceptors (Lipinski definition) is 0. The SMILES string of the molecule is Cc1cc(C(C)(C)C)cc(C(C)(C)C(F)(F)F)c1. The zero-order valence-electron chi connectivity index (χ0n) is 11.9. The Morgan fingerprint density at radius 2 is 1.22 bits per heavy atom. The molecule has 1 aromatic carbocycles. The van der Waals surface area contributed by atoms with Crippen molar-refractivity contribution >= 4 is 0 Å². The number of rotatable bonds is 1. The van der Waals surface area contributed by atoms with E-state index in [-0.39, 0.29) is 5.41 Å². The molecule has 0 spiro atoms. The lowest BCUT2D eigenvalue weighted by Crippen LogP contribution is -2.36. The number of halogens is 3. The monoisotopic (exact) mass is 258 g/mol. The van der Waals surface area contributed by atoms with E-state index in [1.165, 1.54) is 13.8 Å². The number of hydrogen-bond donors (Lipinski definition) is 0. The summed E-state index contributed by atoms with van der Waals surface area (Å²) in [6.45, 7) is 10.3. The van der Waals surface area contributed by atoms with Crippen LogP contribution in [0.3, 0.4) is 0 Å². The molecule has 0 atom stereocenters. The molecular weight excluding hydrogens is 237 g/mol. The highest BCUT2D eigenvalue weighted by atomic mass is 19.4. The Labute approximate surface area is 107 Å². The van der Waals surface area contributed by atoms with Gasteiger partial charge in [0.05, 0.1) is 5.41 Å². The largest absolute Gasteiger partial charge is 0.397 e. The van der Waals surface area contributed by atoms with Crippen molar-refractivity contribution in [2.75, 3.05) is 0 Å². The maximum Gasteiger partial charge on any atom is 0.397 e. The molecule has 1 aromatic rings. The summed E-state index contributed by atoms with van der Waals surface area (Å²) in [7, 11) is 0. The van der Waals surface area contributed by atoms with Crippen LogP contribution in [0, 0.1) is 6.92 Å². The van der Waals surface area contributed by atoms with Gasteiger partial charge < -0.3 is 0 Å². The highest BCUT2D eigenvalue weighted by Crippen LogP contribution is 2.41. The summed E-state index contributed by atoms with van der Waals surface area (Å²) < 4.78 is 39.2. The van der Waals surface area contributed by atoms with E-state index in [4.69, 9.17) is 0 Å². The molecule has 0 amide bonds. The van der Waals surface area contributed by atoms with Crippen LogP contribution < -0.4 is 0 Å². The summed E-state index contributed by atoms with van der Waals surface area (Å²) in [5.74, 6) is 0. The molecule has 0 heterocycles. The Hall–Kier alpha value is -0.990. The van der Waals surface area contributed by atoms with E-state index in [2.05, 4.69) is 0 Å². The van der Waals surface area contributed by atoms with Crippen LogP contribution in [-0.4, -0.2) is 6.18 Å². The fourth-order valence-electron chi connectivity index (χ4n) is 1.74. The van der Waals surface area contributed by atoms with Crippen LogP contribution in [0.5, 0.6) is 0 Å². The molecule has 1 rings (SSSR count). The molecule has 0 saturated carbocycles. The van der Waals surface area contributed by atoms with Crippen LogP contribution in [0.15, 0.2) is 18.2 Å². The highest BCUT2D eigenvalue weighted by Gasteiger charge is 2.48. The Balaban J connectivity index is 3.40. The Kier molecular flexibility index (Phi) is 3.59. The minimum absolute atomic E-state index is 0.150. The summed E-state index contributed by atoms with van der Waals surface area (Å²) in [6.07, 6.45) is -4.24. The van der Waals surface area contributed by atoms with Gasteiger partial charge in [0.15, 0.2) is 0 Å². The summed E-state index contributed by atoms with van der Waals surface area (Å²) in [6, 6.07) is 5.26.